The molecule has 1 aromatic heterocycles. The predicted octanol–water partition coefficient (Wildman–Crippen LogP) is 1.75. The summed E-state index contributed by atoms with van der Waals surface area (Å²) in [5.41, 5.74) is 0. The maximum absolute atomic E-state index is 13.0. The van der Waals surface area contributed by atoms with Crippen molar-refractivity contribution in [2.75, 3.05) is 76.9 Å². The molecule has 182 valence electrons. The largest absolute Gasteiger partial charge is 0.403 e. The Morgan fingerprint density at radius 2 is 1.69 bits per heavy atom. The Labute approximate surface area is 205 Å². The molecule has 0 aromatic carbocycles. The molecule has 0 spiro atoms. The Hall–Kier alpha value is -1.41. The maximum atomic E-state index is 13.0. The molecule has 3 rings (SSSR count). The summed E-state index contributed by atoms with van der Waals surface area (Å²) in [6.45, 7) is 11.0. The lowest BCUT2D eigenvalue weighted by molar-refractivity contribution is -0.181. The van der Waals surface area contributed by atoms with Crippen molar-refractivity contribution in [3.8, 4) is 0 Å². The van der Waals surface area contributed by atoms with Crippen LogP contribution in [0.1, 0.15) is 13.8 Å². The topological polar surface area (TPSA) is 63.1 Å². The van der Waals surface area contributed by atoms with Crippen molar-refractivity contribution in [1.29, 1.82) is 0 Å². The Morgan fingerprint density at radius 3 is 2.25 bits per heavy atom. The van der Waals surface area contributed by atoms with E-state index in [-0.39, 0.29) is 24.0 Å². The first-order valence-corrected chi connectivity index (χ1v) is 11.0. The third kappa shape index (κ3) is 7.58. The molecular weight excluding hydrogens is 536 g/mol. The summed E-state index contributed by atoms with van der Waals surface area (Å²) in [7, 11) is 0. The van der Waals surface area contributed by atoms with Crippen molar-refractivity contribution in [2.24, 2.45) is 4.99 Å². The Kier molecular flexibility index (Phi) is 10.7. The van der Waals surface area contributed by atoms with Crippen molar-refractivity contribution in [3.05, 3.63) is 18.5 Å². The molecule has 12 heteroatoms. The molecule has 0 saturated carbocycles. The number of piperazine rings is 2. The van der Waals surface area contributed by atoms with E-state index in [0.717, 1.165) is 51.2 Å². The van der Waals surface area contributed by atoms with Gasteiger partial charge in [0, 0.05) is 77.8 Å². The molecule has 3 heterocycles. The normalized spacial score (nSPS) is 20.1. The fourth-order valence-electron chi connectivity index (χ4n) is 3.88. The Bertz CT molecular complexity index is 690. The van der Waals surface area contributed by atoms with Crippen molar-refractivity contribution in [1.82, 2.24) is 30.0 Å². The minimum atomic E-state index is -4.18. The summed E-state index contributed by atoms with van der Waals surface area (Å²) in [6.07, 6.45) is -0.665. The van der Waals surface area contributed by atoms with E-state index in [2.05, 4.69) is 30.0 Å². The van der Waals surface area contributed by atoms with Crippen molar-refractivity contribution >= 4 is 35.9 Å². The van der Waals surface area contributed by atoms with E-state index in [1.54, 1.807) is 12.4 Å². The van der Waals surface area contributed by atoms with E-state index in [0.29, 0.717) is 32.7 Å². The second-order valence-electron chi connectivity index (χ2n) is 7.85. The number of anilines is 1. The average molecular weight is 570 g/mol. The van der Waals surface area contributed by atoms with Crippen molar-refractivity contribution < 1.29 is 13.2 Å². The molecule has 32 heavy (non-hydrogen) atoms. The van der Waals surface area contributed by atoms with Gasteiger partial charge in [0.2, 0.25) is 5.95 Å². The minimum absolute atomic E-state index is 0. The lowest BCUT2D eigenvalue weighted by atomic mass is 10.2. The molecule has 1 N–H and O–H groups in total. The highest BCUT2D eigenvalue weighted by molar-refractivity contribution is 14.0. The Morgan fingerprint density at radius 1 is 1.06 bits per heavy atom. The standard InChI is InChI=1S/C20H33F3N8.HI/c1-3-24-18(31-15-13-29(14-16-31)17(2)20(21,22)23)27-7-8-28-9-11-30(12-10-28)19-25-5-4-6-26-19;/h4-6,17H,3,7-16H2,1-2H3,(H,24,27);1H. The number of aliphatic imine (C=N–C) groups is 1. The van der Waals surface area contributed by atoms with Crippen LogP contribution in [0.5, 0.6) is 0 Å². The van der Waals surface area contributed by atoms with E-state index in [1.807, 2.05) is 13.0 Å². The van der Waals surface area contributed by atoms with Gasteiger partial charge in [0.15, 0.2) is 5.96 Å². The average Bonchev–Trinajstić information content (AvgIpc) is 2.78. The molecule has 1 aromatic rings. The van der Waals surface area contributed by atoms with Crippen LogP contribution in [0.3, 0.4) is 0 Å². The molecule has 1 unspecified atom stereocenters. The zero-order valence-corrected chi connectivity index (χ0v) is 21.1. The summed E-state index contributed by atoms with van der Waals surface area (Å²) >= 11 is 0. The van der Waals surface area contributed by atoms with E-state index in [4.69, 9.17) is 4.99 Å². The number of halogens is 4. The highest BCUT2D eigenvalue weighted by atomic mass is 127. The fourth-order valence-corrected chi connectivity index (χ4v) is 3.88. The predicted molar refractivity (Wildman–Crippen MR) is 131 cm³/mol. The van der Waals surface area contributed by atoms with Crippen LogP contribution < -0.4 is 10.2 Å². The van der Waals surface area contributed by atoms with E-state index in [9.17, 15) is 13.2 Å². The van der Waals surface area contributed by atoms with Crippen LogP contribution >= 0.6 is 24.0 Å². The second kappa shape index (κ2) is 12.7. The summed E-state index contributed by atoms with van der Waals surface area (Å²) in [6, 6.07) is 0.408. The number of alkyl halides is 3. The van der Waals surface area contributed by atoms with Crippen LogP contribution in [0.15, 0.2) is 23.5 Å². The summed E-state index contributed by atoms with van der Waals surface area (Å²) in [5.74, 6) is 1.56. The monoisotopic (exact) mass is 570 g/mol. The Balaban J connectivity index is 0.00000363. The molecule has 2 fully saturated rings. The van der Waals surface area contributed by atoms with E-state index >= 15 is 0 Å². The van der Waals surface area contributed by atoms with Crippen LogP contribution in [0.4, 0.5) is 19.1 Å². The zero-order chi connectivity index (χ0) is 22.3. The number of aromatic nitrogens is 2. The highest BCUT2D eigenvalue weighted by Gasteiger charge is 2.41. The third-order valence-electron chi connectivity index (χ3n) is 5.86. The van der Waals surface area contributed by atoms with E-state index in [1.165, 1.54) is 11.8 Å². The first kappa shape index (κ1) is 26.8. The van der Waals surface area contributed by atoms with Gasteiger partial charge in [0.05, 0.1) is 6.54 Å². The van der Waals surface area contributed by atoms with Gasteiger partial charge in [-0.2, -0.15) is 13.2 Å². The first-order valence-electron chi connectivity index (χ1n) is 11.0. The van der Waals surface area contributed by atoms with Gasteiger partial charge in [0.25, 0.3) is 0 Å². The lowest BCUT2D eigenvalue weighted by Crippen LogP contribution is -2.56. The van der Waals surface area contributed by atoms with Gasteiger partial charge < -0.3 is 15.1 Å². The van der Waals surface area contributed by atoms with Gasteiger partial charge in [-0.15, -0.1) is 24.0 Å². The summed E-state index contributed by atoms with van der Waals surface area (Å²) in [5, 5.41) is 3.28. The maximum Gasteiger partial charge on any atom is 0.403 e. The molecule has 1 atom stereocenters. The van der Waals surface area contributed by atoms with Crippen LogP contribution in [0.25, 0.3) is 0 Å². The second-order valence-corrected chi connectivity index (χ2v) is 7.85. The van der Waals surface area contributed by atoms with Crippen molar-refractivity contribution in [3.63, 3.8) is 0 Å². The van der Waals surface area contributed by atoms with Gasteiger partial charge in [-0.25, -0.2) is 9.97 Å². The molecule has 2 aliphatic heterocycles. The smallest absolute Gasteiger partial charge is 0.357 e. The molecule has 0 radical (unpaired) electrons. The minimum Gasteiger partial charge on any atom is -0.357 e. The van der Waals surface area contributed by atoms with Gasteiger partial charge in [-0.3, -0.25) is 14.8 Å². The molecule has 0 bridgehead atoms. The number of hydrogen-bond donors (Lipinski definition) is 1. The molecule has 2 aliphatic rings. The van der Waals surface area contributed by atoms with Gasteiger partial charge in [-0.05, 0) is 19.9 Å². The van der Waals surface area contributed by atoms with Crippen LogP contribution in [-0.2, 0) is 0 Å². The number of hydrogen-bond acceptors (Lipinski definition) is 6. The third-order valence-corrected chi connectivity index (χ3v) is 5.86. The lowest BCUT2D eigenvalue weighted by Gasteiger charge is -2.39. The molecular formula is C20H34F3IN8. The number of guanidine groups is 1. The molecule has 8 nitrogen and oxygen atoms in total. The number of nitrogens with zero attached hydrogens (tertiary/aromatic N) is 7. The highest BCUT2D eigenvalue weighted by Crippen LogP contribution is 2.25. The molecule has 2 saturated heterocycles. The molecule has 0 aliphatic carbocycles. The first-order chi connectivity index (χ1) is 14.9. The van der Waals surface area contributed by atoms with Crippen LogP contribution in [0.2, 0.25) is 0 Å². The van der Waals surface area contributed by atoms with Crippen LogP contribution in [-0.4, -0.2) is 115 Å². The summed E-state index contributed by atoms with van der Waals surface area (Å²) in [4.78, 5) is 21.5. The van der Waals surface area contributed by atoms with Crippen LogP contribution in [0, 0.1) is 0 Å². The number of rotatable bonds is 6. The van der Waals surface area contributed by atoms with Gasteiger partial charge in [0.1, 0.15) is 6.04 Å². The van der Waals surface area contributed by atoms with Crippen molar-refractivity contribution in [2.45, 2.75) is 26.1 Å². The summed E-state index contributed by atoms with van der Waals surface area (Å²) < 4.78 is 38.9. The fraction of sp³-hybridized carbons (Fsp3) is 0.750. The zero-order valence-electron chi connectivity index (χ0n) is 18.8. The SMILES string of the molecule is CCNC(=NCCN1CCN(c2ncccn2)CC1)N1CCN(C(C)C(F)(F)F)CC1.I. The van der Waals surface area contributed by atoms with E-state index < -0.39 is 12.2 Å². The quantitative estimate of drug-likeness (QED) is 0.318. The number of nitrogens with one attached hydrogen (secondary N) is 1. The van der Waals surface area contributed by atoms with Gasteiger partial charge >= 0.3 is 6.18 Å². The van der Waals surface area contributed by atoms with Gasteiger partial charge in [-0.1, -0.05) is 0 Å². The molecule has 0 amide bonds.